The molecule has 0 saturated heterocycles. The molecule has 0 radical (unpaired) electrons. The van der Waals surface area contributed by atoms with E-state index in [9.17, 15) is 0 Å². The Morgan fingerprint density at radius 2 is 1.39 bits per heavy atom. The lowest BCUT2D eigenvalue weighted by Gasteiger charge is -2.18. The molecule has 0 aliphatic rings. The van der Waals surface area contributed by atoms with E-state index in [-0.39, 0.29) is 0 Å². The number of ether oxygens (including phenoxy) is 3. The van der Waals surface area contributed by atoms with Gasteiger partial charge in [-0.3, -0.25) is 0 Å². The number of benzene rings is 3. The first-order valence-electron chi connectivity index (χ1n) is 9.08. The molecule has 0 atom stereocenters. The molecule has 3 aromatic rings. The van der Waals surface area contributed by atoms with Crippen LogP contribution in [0.1, 0.15) is 5.56 Å². The second-order valence-electron chi connectivity index (χ2n) is 6.67. The van der Waals surface area contributed by atoms with E-state index in [1.54, 1.807) is 14.2 Å². The molecule has 0 saturated carbocycles. The first-order valence-corrected chi connectivity index (χ1v) is 9.08. The van der Waals surface area contributed by atoms with Gasteiger partial charge in [0, 0.05) is 36.1 Å². The summed E-state index contributed by atoms with van der Waals surface area (Å²) in [5.41, 5.74) is 2.96. The monoisotopic (exact) mass is 378 g/mol. The van der Waals surface area contributed by atoms with Gasteiger partial charge in [0.1, 0.15) is 23.0 Å². The van der Waals surface area contributed by atoms with E-state index in [1.807, 2.05) is 80.8 Å². The van der Waals surface area contributed by atoms with Crippen LogP contribution in [0.4, 0.5) is 11.4 Å². The molecule has 5 nitrogen and oxygen atoms in total. The molecule has 0 heterocycles. The fourth-order valence-electron chi connectivity index (χ4n) is 2.95. The van der Waals surface area contributed by atoms with Gasteiger partial charge in [0.15, 0.2) is 0 Å². The Kier molecular flexibility index (Phi) is 6.40. The van der Waals surface area contributed by atoms with Gasteiger partial charge in [0.25, 0.3) is 0 Å². The van der Waals surface area contributed by atoms with Crippen molar-refractivity contribution in [2.75, 3.05) is 33.6 Å². The predicted molar refractivity (Wildman–Crippen MR) is 113 cm³/mol. The summed E-state index contributed by atoms with van der Waals surface area (Å²) in [5, 5.41) is 3.37. The van der Waals surface area contributed by atoms with Crippen molar-refractivity contribution in [3.63, 3.8) is 0 Å². The lowest BCUT2D eigenvalue weighted by Crippen LogP contribution is -2.12. The smallest absolute Gasteiger partial charge is 0.134 e. The minimum Gasteiger partial charge on any atom is -0.496 e. The van der Waals surface area contributed by atoms with Crippen LogP contribution in [0.25, 0.3) is 0 Å². The Morgan fingerprint density at radius 1 is 0.750 bits per heavy atom. The van der Waals surface area contributed by atoms with Crippen LogP contribution in [0.5, 0.6) is 23.0 Å². The Bertz CT molecular complexity index is 886. The summed E-state index contributed by atoms with van der Waals surface area (Å²) in [4.78, 5) is 2.07. The molecule has 0 aromatic heterocycles. The third kappa shape index (κ3) is 4.96. The highest BCUT2D eigenvalue weighted by Crippen LogP contribution is 2.37. The Balaban J connectivity index is 1.84. The van der Waals surface area contributed by atoms with Crippen molar-refractivity contribution < 1.29 is 14.2 Å². The van der Waals surface area contributed by atoms with Crippen molar-refractivity contribution in [2.24, 2.45) is 0 Å². The van der Waals surface area contributed by atoms with E-state index in [2.05, 4.69) is 10.2 Å². The van der Waals surface area contributed by atoms with Crippen molar-refractivity contribution in [1.82, 2.24) is 4.90 Å². The van der Waals surface area contributed by atoms with Gasteiger partial charge >= 0.3 is 0 Å². The van der Waals surface area contributed by atoms with Gasteiger partial charge in [-0.15, -0.1) is 0 Å². The first kappa shape index (κ1) is 19.6. The van der Waals surface area contributed by atoms with E-state index in [0.29, 0.717) is 12.3 Å². The molecule has 5 heteroatoms. The number of hydrogen-bond donors (Lipinski definition) is 1. The Labute approximate surface area is 166 Å². The standard InChI is InChI=1S/C23H26N2O3/c1-25(2)16-21-22(26-3)14-20(15-23(21)27-4)28-19-12-8-11-18(13-19)24-17-9-6-5-7-10-17/h5-15,24H,16H2,1-4H3. The van der Waals surface area contributed by atoms with Gasteiger partial charge in [-0.25, -0.2) is 0 Å². The van der Waals surface area contributed by atoms with E-state index < -0.39 is 0 Å². The first-order chi connectivity index (χ1) is 13.6. The molecule has 0 aliphatic carbocycles. The zero-order valence-corrected chi connectivity index (χ0v) is 16.7. The zero-order chi connectivity index (χ0) is 19.9. The summed E-state index contributed by atoms with van der Waals surface area (Å²) in [6.45, 7) is 0.711. The molecule has 3 rings (SSSR count). The summed E-state index contributed by atoms with van der Waals surface area (Å²) in [6, 6.07) is 21.6. The van der Waals surface area contributed by atoms with E-state index in [1.165, 1.54) is 0 Å². The third-order valence-electron chi connectivity index (χ3n) is 4.19. The Hall–Kier alpha value is -3.18. The molecule has 0 bridgehead atoms. The summed E-state index contributed by atoms with van der Waals surface area (Å²) in [5.74, 6) is 2.86. The van der Waals surface area contributed by atoms with Crippen LogP contribution >= 0.6 is 0 Å². The van der Waals surface area contributed by atoms with Crippen LogP contribution in [-0.2, 0) is 6.54 Å². The van der Waals surface area contributed by atoms with Gasteiger partial charge in [0.2, 0.25) is 0 Å². The fraction of sp³-hybridized carbons (Fsp3) is 0.217. The largest absolute Gasteiger partial charge is 0.496 e. The van der Waals surface area contributed by atoms with Crippen LogP contribution in [-0.4, -0.2) is 33.2 Å². The second-order valence-corrected chi connectivity index (χ2v) is 6.67. The SMILES string of the molecule is COc1cc(Oc2cccc(Nc3ccccc3)c2)cc(OC)c1CN(C)C. The van der Waals surface area contributed by atoms with Gasteiger partial charge in [-0.2, -0.15) is 0 Å². The van der Waals surface area contributed by atoms with Gasteiger partial charge in [0.05, 0.1) is 19.8 Å². The lowest BCUT2D eigenvalue weighted by atomic mass is 10.1. The maximum atomic E-state index is 6.09. The third-order valence-corrected chi connectivity index (χ3v) is 4.19. The number of methoxy groups -OCH3 is 2. The molecule has 0 amide bonds. The molecule has 1 N–H and O–H groups in total. The quantitative estimate of drug-likeness (QED) is 0.576. The highest BCUT2D eigenvalue weighted by molar-refractivity contribution is 5.61. The highest BCUT2D eigenvalue weighted by atomic mass is 16.5. The molecule has 0 unspecified atom stereocenters. The van der Waals surface area contributed by atoms with Crippen molar-refractivity contribution in [3.8, 4) is 23.0 Å². The van der Waals surface area contributed by atoms with Crippen LogP contribution < -0.4 is 19.5 Å². The maximum Gasteiger partial charge on any atom is 0.134 e. The van der Waals surface area contributed by atoms with Crippen molar-refractivity contribution in [3.05, 3.63) is 72.3 Å². The average molecular weight is 378 g/mol. The van der Waals surface area contributed by atoms with Crippen molar-refractivity contribution in [1.29, 1.82) is 0 Å². The molecular weight excluding hydrogens is 352 g/mol. The average Bonchev–Trinajstić information content (AvgIpc) is 2.69. The zero-order valence-electron chi connectivity index (χ0n) is 16.7. The molecule has 0 aliphatic heterocycles. The van der Waals surface area contributed by atoms with Gasteiger partial charge < -0.3 is 24.4 Å². The molecule has 146 valence electrons. The van der Waals surface area contributed by atoms with E-state index in [4.69, 9.17) is 14.2 Å². The Morgan fingerprint density at radius 3 is 2.00 bits per heavy atom. The van der Waals surface area contributed by atoms with Crippen LogP contribution in [0.2, 0.25) is 0 Å². The van der Waals surface area contributed by atoms with Crippen molar-refractivity contribution in [2.45, 2.75) is 6.54 Å². The van der Waals surface area contributed by atoms with Crippen LogP contribution in [0.3, 0.4) is 0 Å². The molecule has 0 fully saturated rings. The number of anilines is 2. The normalized spacial score (nSPS) is 10.6. The topological polar surface area (TPSA) is 43.0 Å². The van der Waals surface area contributed by atoms with Gasteiger partial charge in [-0.1, -0.05) is 24.3 Å². The number of hydrogen-bond acceptors (Lipinski definition) is 5. The number of rotatable bonds is 8. The predicted octanol–water partition coefficient (Wildman–Crippen LogP) is 5.30. The van der Waals surface area contributed by atoms with E-state index >= 15 is 0 Å². The minimum absolute atomic E-state index is 0.660. The molecule has 0 spiro atoms. The van der Waals surface area contributed by atoms with Crippen molar-refractivity contribution >= 4 is 11.4 Å². The fourth-order valence-corrected chi connectivity index (χ4v) is 2.95. The number of nitrogens with one attached hydrogen (secondary N) is 1. The summed E-state index contributed by atoms with van der Waals surface area (Å²) in [6.07, 6.45) is 0. The number of para-hydroxylation sites is 1. The lowest BCUT2D eigenvalue weighted by molar-refractivity contribution is 0.345. The van der Waals surface area contributed by atoms with Crippen LogP contribution in [0, 0.1) is 0 Å². The highest BCUT2D eigenvalue weighted by Gasteiger charge is 2.14. The molecule has 28 heavy (non-hydrogen) atoms. The minimum atomic E-state index is 0.660. The second kappa shape index (κ2) is 9.15. The summed E-state index contributed by atoms with van der Waals surface area (Å²) >= 11 is 0. The molecule has 3 aromatic carbocycles. The molecular formula is C23H26N2O3. The summed E-state index contributed by atoms with van der Waals surface area (Å²) in [7, 11) is 7.33. The summed E-state index contributed by atoms with van der Waals surface area (Å²) < 4.78 is 17.2. The number of nitrogens with zero attached hydrogens (tertiary/aromatic N) is 1. The van der Waals surface area contributed by atoms with Crippen LogP contribution in [0.15, 0.2) is 66.7 Å². The maximum absolute atomic E-state index is 6.09. The van der Waals surface area contributed by atoms with E-state index in [0.717, 1.165) is 34.2 Å². The van der Waals surface area contributed by atoms with Gasteiger partial charge in [-0.05, 0) is 38.4 Å².